The van der Waals surface area contributed by atoms with Gasteiger partial charge in [-0.25, -0.2) is 0 Å². The van der Waals surface area contributed by atoms with Crippen molar-refractivity contribution in [2.24, 2.45) is 17.8 Å². The Bertz CT molecular complexity index is 563. The number of hydrogen-bond acceptors (Lipinski definition) is 2. The predicted octanol–water partition coefficient (Wildman–Crippen LogP) is 7.46. The van der Waals surface area contributed by atoms with Crippen molar-refractivity contribution in [3.63, 3.8) is 0 Å². The van der Waals surface area contributed by atoms with Gasteiger partial charge >= 0.3 is 0 Å². The third-order valence-electron chi connectivity index (χ3n) is 5.99. The summed E-state index contributed by atoms with van der Waals surface area (Å²) in [4.78, 5) is 12.2. The van der Waals surface area contributed by atoms with Crippen molar-refractivity contribution >= 4 is 5.78 Å². The van der Waals surface area contributed by atoms with Crippen LogP contribution in [0.2, 0.25) is 0 Å². The lowest BCUT2D eigenvalue weighted by atomic mass is 9.91. The van der Waals surface area contributed by atoms with E-state index in [1.807, 2.05) is 24.3 Å². The molecule has 1 unspecified atom stereocenters. The molecule has 0 saturated heterocycles. The minimum Gasteiger partial charge on any atom is -0.489 e. The first-order valence-electron chi connectivity index (χ1n) is 11.2. The monoisotopic (exact) mass is 372 g/mol. The Morgan fingerprint density at radius 1 is 0.889 bits per heavy atom. The second-order valence-electron chi connectivity index (χ2n) is 9.26. The van der Waals surface area contributed by atoms with Gasteiger partial charge in [-0.3, -0.25) is 4.79 Å². The Morgan fingerprint density at radius 2 is 1.48 bits per heavy atom. The molecule has 3 atom stereocenters. The van der Waals surface area contributed by atoms with E-state index >= 15 is 0 Å². The third kappa shape index (κ3) is 8.07. The molecular formula is C25H40O2. The topological polar surface area (TPSA) is 26.3 Å². The summed E-state index contributed by atoms with van der Waals surface area (Å²) in [5.41, 5.74) is 0.754. The maximum atomic E-state index is 12.2. The average molecular weight is 373 g/mol. The molecule has 1 aromatic carbocycles. The minimum atomic E-state index is 0.0700. The van der Waals surface area contributed by atoms with Crippen LogP contribution in [0.3, 0.4) is 0 Å². The molecular weight excluding hydrogens is 332 g/mol. The van der Waals surface area contributed by atoms with Crippen LogP contribution in [0.25, 0.3) is 0 Å². The van der Waals surface area contributed by atoms with E-state index in [-0.39, 0.29) is 11.9 Å². The average Bonchev–Trinajstić information content (AvgIpc) is 2.61. The Hall–Kier alpha value is -1.31. The molecule has 152 valence electrons. The molecule has 27 heavy (non-hydrogen) atoms. The van der Waals surface area contributed by atoms with Crippen LogP contribution < -0.4 is 4.74 Å². The molecule has 0 N–H and O–H groups in total. The van der Waals surface area contributed by atoms with Crippen LogP contribution >= 0.6 is 0 Å². The molecule has 0 aromatic heterocycles. The summed E-state index contributed by atoms with van der Waals surface area (Å²) in [6.07, 6.45) is 12.2. The fourth-order valence-electron chi connectivity index (χ4n) is 4.17. The fraction of sp³-hybridized carbons (Fsp3) is 0.720. The highest BCUT2D eigenvalue weighted by Gasteiger charge is 2.25. The summed E-state index contributed by atoms with van der Waals surface area (Å²) in [5, 5.41) is 0. The van der Waals surface area contributed by atoms with Crippen molar-refractivity contribution in [2.75, 3.05) is 0 Å². The molecule has 1 aliphatic heterocycles. The van der Waals surface area contributed by atoms with Crippen LogP contribution in [0.4, 0.5) is 0 Å². The van der Waals surface area contributed by atoms with E-state index in [0.717, 1.165) is 41.9 Å². The predicted molar refractivity (Wildman–Crippen MR) is 115 cm³/mol. The highest BCUT2D eigenvalue weighted by molar-refractivity contribution is 5.99. The van der Waals surface area contributed by atoms with Crippen LogP contribution in [-0.2, 0) is 0 Å². The maximum Gasteiger partial charge on any atom is 0.170 e. The summed E-state index contributed by atoms with van der Waals surface area (Å²) in [7, 11) is 0. The smallest absolute Gasteiger partial charge is 0.170 e. The van der Waals surface area contributed by atoms with Gasteiger partial charge in [0.2, 0.25) is 0 Å². The van der Waals surface area contributed by atoms with Gasteiger partial charge in [0.1, 0.15) is 11.9 Å². The molecule has 2 nitrogen and oxygen atoms in total. The second kappa shape index (κ2) is 11.5. The molecule has 1 aliphatic rings. The number of Topliss-reactive ketones (excluding diaryl/α,β-unsaturated/α-hetero) is 1. The van der Waals surface area contributed by atoms with Crippen LogP contribution in [0.1, 0.15) is 102 Å². The molecule has 1 aromatic rings. The Morgan fingerprint density at radius 3 is 2.15 bits per heavy atom. The highest BCUT2D eigenvalue weighted by atomic mass is 16.5. The number of benzene rings is 1. The van der Waals surface area contributed by atoms with Crippen molar-refractivity contribution < 1.29 is 9.53 Å². The highest BCUT2D eigenvalue weighted by Crippen LogP contribution is 2.29. The Kier molecular flexibility index (Phi) is 9.38. The molecule has 0 saturated carbocycles. The van der Waals surface area contributed by atoms with Crippen LogP contribution in [-0.4, -0.2) is 11.9 Å². The zero-order valence-corrected chi connectivity index (χ0v) is 18.0. The molecule has 0 aliphatic carbocycles. The van der Waals surface area contributed by atoms with Gasteiger partial charge in [0, 0.05) is 6.42 Å². The number of carbonyl (C=O) groups is 1. The van der Waals surface area contributed by atoms with Gasteiger partial charge in [-0.05, 0) is 42.7 Å². The molecule has 0 radical (unpaired) electrons. The van der Waals surface area contributed by atoms with E-state index in [2.05, 4.69) is 27.7 Å². The van der Waals surface area contributed by atoms with E-state index in [9.17, 15) is 4.79 Å². The largest absolute Gasteiger partial charge is 0.489 e. The summed E-state index contributed by atoms with van der Waals surface area (Å²) in [6, 6.07) is 7.65. The quantitative estimate of drug-likeness (QED) is 0.380. The summed E-state index contributed by atoms with van der Waals surface area (Å²) in [6.45, 7) is 9.44. The van der Waals surface area contributed by atoms with Crippen LogP contribution in [0.15, 0.2) is 24.3 Å². The van der Waals surface area contributed by atoms with Crippen LogP contribution in [0.5, 0.6) is 5.75 Å². The molecule has 0 fully saturated rings. The van der Waals surface area contributed by atoms with Crippen molar-refractivity contribution in [3.8, 4) is 5.75 Å². The van der Waals surface area contributed by atoms with Gasteiger partial charge in [0.05, 0.1) is 5.56 Å². The molecule has 1 heterocycles. The third-order valence-corrected chi connectivity index (χ3v) is 5.99. The Labute approximate surface area is 167 Å². The summed E-state index contributed by atoms with van der Waals surface area (Å²) in [5.74, 6) is 3.51. The number of fused-ring (bicyclic) bond motifs is 1. The minimum absolute atomic E-state index is 0.0700. The molecule has 0 bridgehead atoms. The summed E-state index contributed by atoms with van der Waals surface area (Å²) < 4.78 is 6.03. The first-order chi connectivity index (χ1) is 13.0. The van der Waals surface area contributed by atoms with E-state index < -0.39 is 0 Å². The zero-order valence-electron chi connectivity index (χ0n) is 18.0. The summed E-state index contributed by atoms with van der Waals surface area (Å²) >= 11 is 0. The lowest BCUT2D eigenvalue weighted by Gasteiger charge is -2.25. The van der Waals surface area contributed by atoms with Gasteiger partial charge in [0.15, 0.2) is 5.78 Å². The first kappa shape index (κ1) is 22.0. The van der Waals surface area contributed by atoms with E-state index in [1.165, 1.54) is 44.9 Å². The lowest BCUT2D eigenvalue weighted by molar-refractivity contribution is 0.0833. The zero-order chi connectivity index (χ0) is 19.6. The molecule has 0 amide bonds. The van der Waals surface area contributed by atoms with E-state index in [1.54, 1.807) is 0 Å². The Balaban J connectivity index is 1.56. The lowest BCUT2D eigenvalue weighted by Crippen LogP contribution is -2.26. The van der Waals surface area contributed by atoms with Gasteiger partial charge < -0.3 is 4.74 Å². The van der Waals surface area contributed by atoms with E-state index in [4.69, 9.17) is 4.74 Å². The second-order valence-corrected chi connectivity index (χ2v) is 9.26. The number of para-hydroxylation sites is 1. The van der Waals surface area contributed by atoms with Gasteiger partial charge in [-0.1, -0.05) is 84.8 Å². The number of rotatable bonds is 12. The van der Waals surface area contributed by atoms with Gasteiger partial charge in [0.25, 0.3) is 0 Å². The normalized spacial score (nSPS) is 18.9. The van der Waals surface area contributed by atoms with Crippen LogP contribution in [0, 0.1) is 17.8 Å². The molecule has 2 rings (SSSR count). The fourth-order valence-corrected chi connectivity index (χ4v) is 4.17. The van der Waals surface area contributed by atoms with Gasteiger partial charge in [-0.2, -0.15) is 0 Å². The first-order valence-corrected chi connectivity index (χ1v) is 11.2. The standard InChI is InChI=1S/C25H40O2/c1-19(2)10-7-11-20(3)12-8-13-21(4)14-9-15-22-18-24(26)23-16-5-6-17-25(23)27-22/h5-6,16-17,19-22H,7-15,18H2,1-4H3/t20-,21-,22?/m1/s1. The number of ether oxygens (including phenoxy) is 1. The van der Waals surface area contributed by atoms with Crippen molar-refractivity contribution in [1.29, 1.82) is 0 Å². The maximum absolute atomic E-state index is 12.2. The van der Waals surface area contributed by atoms with Gasteiger partial charge in [-0.15, -0.1) is 0 Å². The van der Waals surface area contributed by atoms with Crippen molar-refractivity contribution in [1.82, 2.24) is 0 Å². The van der Waals surface area contributed by atoms with E-state index in [0.29, 0.717) is 6.42 Å². The number of carbonyl (C=O) groups excluding carboxylic acids is 1. The van der Waals surface area contributed by atoms with Crippen molar-refractivity contribution in [3.05, 3.63) is 29.8 Å². The SMILES string of the molecule is CC(C)CCC[C@@H](C)CCC[C@@H](C)CCCC1CC(=O)c2ccccc2O1. The molecule has 0 spiro atoms. The molecule has 2 heteroatoms. The van der Waals surface area contributed by atoms with Crippen molar-refractivity contribution in [2.45, 2.75) is 98.0 Å². The number of hydrogen-bond donors (Lipinski definition) is 0. The number of ketones is 1.